The zero-order chi connectivity index (χ0) is 15.3. The van der Waals surface area contributed by atoms with Gasteiger partial charge in [0.2, 0.25) is 10.0 Å². The summed E-state index contributed by atoms with van der Waals surface area (Å²) in [6.07, 6.45) is 0. The predicted molar refractivity (Wildman–Crippen MR) is 86.5 cm³/mol. The van der Waals surface area contributed by atoms with E-state index in [9.17, 15) is 8.42 Å². The van der Waals surface area contributed by atoms with Gasteiger partial charge in [-0.2, -0.15) is 0 Å². The SMILES string of the molecule is CCN(CC)CC(C)NS(=O)(=O)c1cc(Br)ccc1C. The van der Waals surface area contributed by atoms with Crippen LogP contribution < -0.4 is 4.72 Å². The van der Waals surface area contributed by atoms with Gasteiger partial charge in [-0.3, -0.25) is 0 Å². The van der Waals surface area contributed by atoms with E-state index in [4.69, 9.17) is 0 Å². The molecule has 0 aliphatic carbocycles. The summed E-state index contributed by atoms with van der Waals surface area (Å²) >= 11 is 3.32. The largest absolute Gasteiger partial charge is 0.302 e. The van der Waals surface area contributed by atoms with Crippen LogP contribution in [0.25, 0.3) is 0 Å². The molecule has 6 heteroatoms. The van der Waals surface area contributed by atoms with Crippen LogP contribution in [0.2, 0.25) is 0 Å². The van der Waals surface area contributed by atoms with Gasteiger partial charge in [0.25, 0.3) is 0 Å². The summed E-state index contributed by atoms with van der Waals surface area (Å²) in [6.45, 7) is 10.4. The Hall–Kier alpha value is -0.430. The predicted octanol–water partition coefficient (Wildman–Crippen LogP) is 2.77. The van der Waals surface area contributed by atoms with Crippen LogP contribution in [0.1, 0.15) is 26.3 Å². The minimum atomic E-state index is -3.48. The molecule has 0 amide bonds. The number of nitrogens with one attached hydrogen (secondary N) is 1. The maximum Gasteiger partial charge on any atom is 0.241 e. The number of hydrogen-bond acceptors (Lipinski definition) is 3. The van der Waals surface area contributed by atoms with E-state index in [1.165, 1.54) is 0 Å². The van der Waals surface area contributed by atoms with Gasteiger partial charge >= 0.3 is 0 Å². The van der Waals surface area contributed by atoms with Crippen molar-refractivity contribution in [2.45, 2.75) is 38.6 Å². The fourth-order valence-corrected chi connectivity index (χ4v) is 4.12. The van der Waals surface area contributed by atoms with Crippen molar-refractivity contribution in [3.05, 3.63) is 28.2 Å². The molecule has 4 nitrogen and oxygen atoms in total. The van der Waals surface area contributed by atoms with Crippen molar-refractivity contribution in [3.63, 3.8) is 0 Å². The third-order valence-electron chi connectivity index (χ3n) is 3.22. The van der Waals surface area contributed by atoms with Gasteiger partial charge < -0.3 is 4.90 Å². The van der Waals surface area contributed by atoms with Crippen molar-refractivity contribution in [1.29, 1.82) is 0 Å². The fraction of sp³-hybridized carbons (Fsp3) is 0.571. The molecule has 0 saturated heterocycles. The first kappa shape index (κ1) is 17.6. The van der Waals surface area contributed by atoms with E-state index >= 15 is 0 Å². The second-order valence-corrected chi connectivity index (χ2v) is 7.52. The second-order valence-electron chi connectivity index (χ2n) is 4.92. The van der Waals surface area contributed by atoms with E-state index in [-0.39, 0.29) is 6.04 Å². The first-order valence-electron chi connectivity index (χ1n) is 6.81. The van der Waals surface area contributed by atoms with Crippen molar-refractivity contribution in [1.82, 2.24) is 9.62 Å². The zero-order valence-electron chi connectivity index (χ0n) is 12.5. The third-order valence-corrected chi connectivity index (χ3v) is 5.45. The molecule has 0 aromatic heterocycles. The molecule has 0 aliphatic rings. The molecule has 1 rings (SSSR count). The lowest BCUT2D eigenvalue weighted by Crippen LogP contribution is -2.42. The van der Waals surface area contributed by atoms with Crippen molar-refractivity contribution in [3.8, 4) is 0 Å². The maximum atomic E-state index is 12.4. The van der Waals surface area contributed by atoms with E-state index in [1.807, 2.05) is 13.0 Å². The van der Waals surface area contributed by atoms with Gasteiger partial charge in [-0.1, -0.05) is 35.8 Å². The van der Waals surface area contributed by atoms with Crippen LogP contribution in [0.15, 0.2) is 27.6 Å². The van der Waals surface area contributed by atoms with Crippen LogP contribution in [-0.4, -0.2) is 39.0 Å². The average molecular weight is 363 g/mol. The first-order valence-corrected chi connectivity index (χ1v) is 9.08. The molecule has 0 radical (unpaired) electrons. The number of halogens is 1. The highest BCUT2D eigenvalue weighted by Crippen LogP contribution is 2.20. The Kier molecular flexibility index (Phi) is 6.64. The van der Waals surface area contributed by atoms with Crippen molar-refractivity contribution in [2.24, 2.45) is 0 Å². The van der Waals surface area contributed by atoms with Crippen molar-refractivity contribution in [2.75, 3.05) is 19.6 Å². The molecular weight excluding hydrogens is 340 g/mol. The minimum absolute atomic E-state index is 0.127. The smallest absolute Gasteiger partial charge is 0.241 e. The van der Waals surface area contributed by atoms with Gasteiger partial charge in [0, 0.05) is 17.1 Å². The van der Waals surface area contributed by atoms with E-state index in [0.717, 1.165) is 23.1 Å². The Balaban J connectivity index is 2.87. The molecule has 20 heavy (non-hydrogen) atoms. The van der Waals surface area contributed by atoms with Gasteiger partial charge in [-0.05, 0) is 44.6 Å². The van der Waals surface area contributed by atoms with Gasteiger partial charge in [0.05, 0.1) is 4.90 Å². The lowest BCUT2D eigenvalue weighted by atomic mass is 10.2. The number of benzene rings is 1. The summed E-state index contributed by atoms with van der Waals surface area (Å²) in [7, 11) is -3.48. The fourth-order valence-electron chi connectivity index (χ4n) is 2.10. The monoisotopic (exact) mass is 362 g/mol. The molecule has 0 spiro atoms. The van der Waals surface area contributed by atoms with E-state index < -0.39 is 10.0 Å². The number of nitrogens with zero attached hydrogens (tertiary/aromatic N) is 1. The van der Waals surface area contributed by atoms with Crippen LogP contribution in [0, 0.1) is 6.92 Å². The quantitative estimate of drug-likeness (QED) is 0.811. The van der Waals surface area contributed by atoms with Crippen LogP contribution in [0.5, 0.6) is 0 Å². The van der Waals surface area contributed by atoms with Crippen LogP contribution in [-0.2, 0) is 10.0 Å². The molecule has 1 aromatic rings. The molecule has 0 heterocycles. The van der Waals surface area contributed by atoms with Crippen LogP contribution in [0.3, 0.4) is 0 Å². The summed E-state index contributed by atoms with van der Waals surface area (Å²) in [6, 6.07) is 5.15. The third kappa shape index (κ3) is 4.84. The Morgan fingerprint density at radius 3 is 2.45 bits per heavy atom. The van der Waals surface area contributed by atoms with E-state index in [2.05, 4.69) is 39.4 Å². The van der Waals surface area contributed by atoms with Gasteiger partial charge in [-0.15, -0.1) is 0 Å². The molecule has 0 bridgehead atoms. The molecule has 0 saturated carbocycles. The lowest BCUT2D eigenvalue weighted by molar-refractivity contribution is 0.282. The Bertz CT molecular complexity index is 542. The van der Waals surface area contributed by atoms with Crippen molar-refractivity contribution >= 4 is 26.0 Å². The molecular formula is C14H23BrN2O2S. The first-order chi connectivity index (χ1) is 9.30. The molecule has 0 fully saturated rings. The average Bonchev–Trinajstić information content (AvgIpc) is 2.38. The lowest BCUT2D eigenvalue weighted by Gasteiger charge is -2.23. The highest BCUT2D eigenvalue weighted by molar-refractivity contribution is 9.10. The molecule has 1 aromatic carbocycles. The standard InChI is InChI=1S/C14H23BrN2O2S/c1-5-17(6-2)10-12(4)16-20(18,19)14-9-13(15)8-7-11(14)3/h7-9,12,16H,5-6,10H2,1-4H3. The summed E-state index contributed by atoms with van der Waals surface area (Å²) in [4.78, 5) is 2.53. The summed E-state index contributed by atoms with van der Waals surface area (Å²) < 4.78 is 28.4. The molecule has 1 atom stereocenters. The number of likely N-dealkylation sites (N-methyl/N-ethyl adjacent to an activating group) is 1. The van der Waals surface area contributed by atoms with Crippen LogP contribution >= 0.6 is 15.9 Å². The van der Waals surface area contributed by atoms with Gasteiger partial charge in [0.15, 0.2) is 0 Å². The topological polar surface area (TPSA) is 49.4 Å². The zero-order valence-corrected chi connectivity index (χ0v) is 14.9. The Morgan fingerprint density at radius 1 is 1.30 bits per heavy atom. The minimum Gasteiger partial charge on any atom is -0.302 e. The number of rotatable bonds is 7. The summed E-state index contributed by atoms with van der Waals surface area (Å²) in [5.74, 6) is 0. The van der Waals surface area contributed by atoms with Crippen molar-refractivity contribution < 1.29 is 8.42 Å². The summed E-state index contributed by atoms with van der Waals surface area (Å²) in [5, 5.41) is 0. The van der Waals surface area contributed by atoms with E-state index in [1.54, 1.807) is 19.1 Å². The molecule has 1 unspecified atom stereocenters. The summed E-state index contributed by atoms with van der Waals surface area (Å²) in [5.41, 5.74) is 0.746. The molecule has 1 N–H and O–H groups in total. The van der Waals surface area contributed by atoms with Crippen LogP contribution in [0.4, 0.5) is 0 Å². The number of aryl methyl sites for hydroxylation is 1. The Morgan fingerprint density at radius 2 is 1.90 bits per heavy atom. The van der Waals surface area contributed by atoms with Gasteiger partial charge in [-0.25, -0.2) is 13.1 Å². The van der Waals surface area contributed by atoms with E-state index in [0.29, 0.717) is 11.4 Å². The maximum absolute atomic E-state index is 12.4. The number of sulfonamides is 1. The highest BCUT2D eigenvalue weighted by atomic mass is 79.9. The highest BCUT2D eigenvalue weighted by Gasteiger charge is 2.20. The second kappa shape index (κ2) is 7.54. The molecule has 0 aliphatic heterocycles. The van der Waals surface area contributed by atoms with Gasteiger partial charge in [0.1, 0.15) is 0 Å². The molecule has 114 valence electrons. The normalized spacial score (nSPS) is 13.7. The number of hydrogen-bond donors (Lipinski definition) is 1. The Labute approximate surface area is 130 Å².